The molecule has 0 saturated heterocycles. The Morgan fingerprint density at radius 3 is 3.05 bits per heavy atom. The average molecular weight is 355 g/mol. The van der Waals surface area contributed by atoms with E-state index in [2.05, 4.69) is 28.6 Å². The molecule has 3 rings (SSSR count). The Hall–Kier alpha value is -1.07. The van der Waals surface area contributed by atoms with Gasteiger partial charge in [-0.05, 0) is 48.6 Å². The molecule has 0 radical (unpaired) electrons. The molecule has 1 N–H and O–H groups in total. The first-order valence-corrected chi connectivity index (χ1v) is 8.73. The summed E-state index contributed by atoms with van der Waals surface area (Å²) in [4.78, 5) is 15.9. The molecule has 1 atom stereocenters. The molecule has 1 aliphatic heterocycles. The highest BCUT2D eigenvalue weighted by Crippen LogP contribution is 2.32. The van der Waals surface area contributed by atoms with E-state index in [0.717, 1.165) is 13.0 Å². The second kappa shape index (κ2) is 6.59. The predicted molar refractivity (Wildman–Crippen MR) is 93.1 cm³/mol. The molecular weight excluding hydrogens is 339 g/mol. The van der Waals surface area contributed by atoms with Crippen molar-refractivity contribution in [2.45, 2.75) is 19.4 Å². The third-order valence-corrected chi connectivity index (χ3v) is 5.51. The molecule has 2 aromatic rings. The van der Waals surface area contributed by atoms with Gasteiger partial charge in [-0.25, -0.2) is 0 Å². The SMILES string of the molecule is C[C@@H]1c2ccsc2CCN1CC(=O)Nc1cc(Cl)ccc1Cl. The fourth-order valence-electron chi connectivity index (χ4n) is 2.74. The van der Waals surface area contributed by atoms with Gasteiger partial charge >= 0.3 is 0 Å². The monoisotopic (exact) mass is 354 g/mol. The fourth-order valence-corrected chi connectivity index (χ4v) is 4.04. The van der Waals surface area contributed by atoms with Crippen LogP contribution in [0.3, 0.4) is 0 Å². The molecule has 3 nitrogen and oxygen atoms in total. The normalized spacial score (nSPS) is 18.0. The number of hydrogen-bond donors (Lipinski definition) is 1. The molecule has 0 saturated carbocycles. The molecule has 1 aliphatic rings. The van der Waals surface area contributed by atoms with Gasteiger partial charge < -0.3 is 5.32 Å². The molecule has 0 spiro atoms. The summed E-state index contributed by atoms with van der Waals surface area (Å²) in [5.74, 6) is -0.0744. The van der Waals surface area contributed by atoms with Crippen molar-refractivity contribution >= 4 is 46.1 Å². The quantitative estimate of drug-likeness (QED) is 0.872. The molecule has 0 fully saturated rings. The molecule has 22 heavy (non-hydrogen) atoms. The van der Waals surface area contributed by atoms with E-state index < -0.39 is 0 Å². The van der Waals surface area contributed by atoms with E-state index in [0.29, 0.717) is 22.3 Å². The first kappa shape index (κ1) is 15.8. The third-order valence-electron chi connectivity index (χ3n) is 3.95. The summed E-state index contributed by atoms with van der Waals surface area (Å²) in [7, 11) is 0. The Morgan fingerprint density at radius 2 is 2.23 bits per heavy atom. The van der Waals surface area contributed by atoms with Crippen LogP contribution in [0.1, 0.15) is 23.4 Å². The van der Waals surface area contributed by atoms with Gasteiger partial charge in [0.2, 0.25) is 5.91 Å². The van der Waals surface area contributed by atoms with Crippen LogP contribution in [-0.4, -0.2) is 23.9 Å². The van der Waals surface area contributed by atoms with Crippen LogP contribution in [-0.2, 0) is 11.2 Å². The largest absolute Gasteiger partial charge is 0.324 e. The number of anilines is 1. The Morgan fingerprint density at radius 1 is 1.41 bits per heavy atom. The van der Waals surface area contributed by atoms with E-state index in [1.54, 1.807) is 29.5 Å². The molecule has 1 aromatic heterocycles. The van der Waals surface area contributed by atoms with E-state index in [1.165, 1.54) is 10.4 Å². The number of halogens is 2. The molecule has 0 unspecified atom stereocenters. The Balaban J connectivity index is 1.66. The summed E-state index contributed by atoms with van der Waals surface area (Å²) in [5.41, 5.74) is 1.89. The van der Waals surface area contributed by atoms with Crippen molar-refractivity contribution in [3.05, 3.63) is 50.1 Å². The highest BCUT2D eigenvalue weighted by atomic mass is 35.5. The van der Waals surface area contributed by atoms with E-state index in [4.69, 9.17) is 23.2 Å². The summed E-state index contributed by atoms with van der Waals surface area (Å²) < 4.78 is 0. The van der Waals surface area contributed by atoms with Gasteiger partial charge in [-0.15, -0.1) is 11.3 Å². The summed E-state index contributed by atoms with van der Waals surface area (Å²) >= 11 is 13.8. The minimum Gasteiger partial charge on any atom is -0.324 e. The number of nitrogens with zero attached hydrogens (tertiary/aromatic N) is 1. The maximum Gasteiger partial charge on any atom is 0.238 e. The lowest BCUT2D eigenvalue weighted by Crippen LogP contribution is -2.39. The highest BCUT2D eigenvalue weighted by molar-refractivity contribution is 7.10. The first-order chi connectivity index (χ1) is 10.5. The van der Waals surface area contributed by atoms with Gasteiger partial charge in [-0.3, -0.25) is 9.69 Å². The zero-order valence-electron chi connectivity index (χ0n) is 12.1. The van der Waals surface area contributed by atoms with Crippen LogP contribution in [0.15, 0.2) is 29.6 Å². The van der Waals surface area contributed by atoms with Gasteiger partial charge in [-0.2, -0.15) is 0 Å². The minimum atomic E-state index is -0.0744. The van der Waals surface area contributed by atoms with Gasteiger partial charge in [0.15, 0.2) is 0 Å². The number of carbonyl (C=O) groups is 1. The van der Waals surface area contributed by atoms with Crippen molar-refractivity contribution in [3.8, 4) is 0 Å². The molecular formula is C16H16Cl2N2OS. The lowest BCUT2D eigenvalue weighted by Gasteiger charge is -2.32. The average Bonchev–Trinajstić information content (AvgIpc) is 2.95. The van der Waals surface area contributed by atoms with Crippen molar-refractivity contribution in [1.82, 2.24) is 4.90 Å². The zero-order chi connectivity index (χ0) is 15.7. The summed E-state index contributed by atoms with van der Waals surface area (Å²) in [5, 5.41) is 6.00. The van der Waals surface area contributed by atoms with Crippen molar-refractivity contribution in [2.24, 2.45) is 0 Å². The number of rotatable bonds is 3. The van der Waals surface area contributed by atoms with Crippen LogP contribution in [0.5, 0.6) is 0 Å². The van der Waals surface area contributed by atoms with Crippen LogP contribution >= 0.6 is 34.5 Å². The topological polar surface area (TPSA) is 32.3 Å². The second-order valence-corrected chi connectivity index (χ2v) is 7.21. The third kappa shape index (κ3) is 3.30. The Kier molecular flexibility index (Phi) is 4.73. The summed E-state index contributed by atoms with van der Waals surface area (Å²) in [6, 6.07) is 7.46. The van der Waals surface area contributed by atoms with Crippen molar-refractivity contribution in [2.75, 3.05) is 18.4 Å². The molecule has 2 heterocycles. The number of nitrogens with one attached hydrogen (secondary N) is 1. The molecule has 1 amide bonds. The van der Waals surface area contributed by atoms with Gasteiger partial charge in [-0.1, -0.05) is 23.2 Å². The Labute approximate surface area is 143 Å². The number of amides is 1. The molecule has 1 aromatic carbocycles. The molecule has 0 bridgehead atoms. The van der Waals surface area contributed by atoms with Gasteiger partial charge in [0.1, 0.15) is 0 Å². The Bertz CT molecular complexity index is 701. The number of thiophene rings is 1. The van der Waals surface area contributed by atoms with Crippen LogP contribution < -0.4 is 5.32 Å². The smallest absolute Gasteiger partial charge is 0.238 e. The highest BCUT2D eigenvalue weighted by Gasteiger charge is 2.26. The van der Waals surface area contributed by atoms with Gasteiger partial charge in [0.05, 0.1) is 17.3 Å². The van der Waals surface area contributed by atoms with E-state index >= 15 is 0 Å². The van der Waals surface area contributed by atoms with Crippen LogP contribution in [0.25, 0.3) is 0 Å². The van der Waals surface area contributed by atoms with Crippen LogP contribution in [0.4, 0.5) is 5.69 Å². The van der Waals surface area contributed by atoms with Crippen molar-refractivity contribution in [3.63, 3.8) is 0 Å². The van der Waals surface area contributed by atoms with Gasteiger partial charge in [0.25, 0.3) is 0 Å². The number of fused-ring (bicyclic) bond motifs is 1. The molecule has 6 heteroatoms. The maximum atomic E-state index is 12.3. The first-order valence-electron chi connectivity index (χ1n) is 7.10. The predicted octanol–water partition coefficient (Wildman–Crippen LogP) is 4.61. The number of benzene rings is 1. The summed E-state index contributed by atoms with van der Waals surface area (Å²) in [6.45, 7) is 3.38. The van der Waals surface area contributed by atoms with Gasteiger partial charge in [0, 0.05) is 22.5 Å². The second-order valence-electron chi connectivity index (χ2n) is 5.37. The van der Waals surface area contributed by atoms with E-state index in [-0.39, 0.29) is 11.9 Å². The van der Waals surface area contributed by atoms with E-state index in [9.17, 15) is 4.79 Å². The summed E-state index contributed by atoms with van der Waals surface area (Å²) in [6.07, 6.45) is 1.00. The standard InChI is InChI=1S/C16H16Cl2N2OS/c1-10-12-5-7-22-15(12)4-6-20(10)9-16(21)19-14-8-11(17)2-3-13(14)18/h2-3,5,7-8,10H,4,6,9H2,1H3,(H,19,21)/t10-/m1/s1. The lowest BCUT2D eigenvalue weighted by molar-refractivity contribution is -0.117. The minimum absolute atomic E-state index is 0.0744. The zero-order valence-corrected chi connectivity index (χ0v) is 14.4. The molecule has 116 valence electrons. The maximum absolute atomic E-state index is 12.3. The lowest BCUT2D eigenvalue weighted by atomic mass is 10.0. The van der Waals surface area contributed by atoms with E-state index in [1.807, 2.05) is 0 Å². The van der Waals surface area contributed by atoms with Crippen molar-refractivity contribution < 1.29 is 4.79 Å². The van der Waals surface area contributed by atoms with Crippen LogP contribution in [0.2, 0.25) is 10.0 Å². The fraction of sp³-hybridized carbons (Fsp3) is 0.312. The van der Waals surface area contributed by atoms with Crippen molar-refractivity contribution in [1.29, 1.82) is 0 Å². The van der Waals surface area contributed by atoms with Crippen LogP contribution in [0, 0.1) is 0 Å². The number of hydrogen-bond acceptors (Lipinski definition) is 3. The number of carbonyl (C=O) groups excluding carboxylic acids is 1. The molecule has 0 aliphatic carbocycles.